The van der Waals surface area contributed by atoms with Gasteiger partial charge in [0.1, 0.15) is 12.2 Å². The highest BCUT2D eigenvalue weighted by molar-refractivity contribution is 5.75. The molecule has 9 nitrogen and oxygen atoms in total. The van der Waals surface area contributed by atoms with Gasteiger partial charge in [-0.05, 0) is 82.3 Å². The highest BCUT2D eigenvalue weighted by Crippen LogP contribution is 2.44. The van der Waals surface area contributed by atoms with Crippen LogP contribution in [0.5, 0.6) is 0 Å². The summed E-state index contributed by atoms with van der Waals surface area (Å²) in [7, 11) is 0. The third kappa shape index (κ3) is 10.9. The van der Waals surface area contributed by atoms with Crippen LogP contribution in [0.15, 0.2) is 78.9 Å². The molecule has 4 atom stereocenters. The number of likely N-dealkylation sites (tertiary alicyclic amines) is 1. The Labute approximate surface area is 309 Å². The SMILES string of the molecule is CCOC(=O)CC1[C@@H](NC(=O)OC(C)(C)C)CC[C@@](CO[C@H](C)c2cc(C(F)(F)F)cc(C(F)(F)F)c2)(c2ccccc2)N1C(=O)OCc1ccccc1. The minimum Gasteiger partial charge on any atom is -0.466 e. The van der Waals surface area contributed by atoms with E-state index in [1.807, 2.05) is 0 Å². The van der Waals surface area contributed by atoms with E-state index in [-0.39, 0.29) is 32.1 Å². The third-order valence-corrected chi connectivity index (χ3v) is 8.87. The molecule has 1 unspecified atom stereocenters. The quantitative estimate of drug-likeness (QED) is 0.118. The average molecular weight is 767 g/mol. The van der Waals surface area contributed by atoms with Gasteiger partial charge in [-0.15, -0.1) is 0 Å². The van der Waals surface area contributed by atoms with Gasteiger partial charge >= 0.3 is 30.5 Å². The van der Waals surface area contributed by atoms with E-state index in [9.17, 15) is 40.7 Å². The number of nitrogens with one attached hydrogen (secondary N) is 1. The van der Waals surface area contributed by atoms with Crippen molar-refractivity contribution in [3.8, 4) is 0 Å². The van der Waals surface area contributed by atoms with Crippen LogP contribution in [0.3, 0.4) is 0 Å². The highest BCUT2D eigenvalue weighted by Gasteiger charge is 2.53. The third-order valence-electron chi connectivity index (χ3n) is 8.87. The molecule has 3 aromatic rings. The van der Waals surface area contributed by atoms with Crippen LogP contribution in [0.1, 0.15) is 87.8 Å². The van der Waals surface area contributed by atoms with Crippen molar-refractivity contribution < 1.29 is 59.7 Å². The first-order valence-electron chi connectivity index (χ1n) is 17.3. The summed E-state index contributed by atoms with van der Waals surface area (Å²) in [6.07, 6.45) is -13.5. The van der Waals surface area contributed by atoms with E-state index in [4.69, 9.17) is 18.9 Å². The summed E-state index contributed by atoms with van der Waals surface area (Å²) in [6.45, 7) is 7.25. The summed E-state index contributed by atoms with van der Waals surface area (Å²) in [5.74, 6) is -0.707. The molecule has 0 bridgehead atoms. The summed E-state index contributed by atoms with van der Waals surface area (Å²) in [5.41, 5.74) is -4.73. The molecule has 1 N–H and O–H groups in total. The van der Waals surface area contributed by atoms with E-state index in [1.165, 1.54) is 11.8 Å². The molecule has 15 heteroatoms. The summed E-state index contributed by atoms with van der Waals surface area (Å²) >= 11 is 0. The maximum atomic E-state index is 14.5. The molecule has 1 fully saturated rings. The Morgan fingerprint density at radius 1 is 0.870 bits per heavy atom. The van der Waals surface area contributed by atoms with Gasteiger partial charge in [-0.2, -0.15) is 26.3 Å². The number of nitrogens with zero attached hydrogens (tertiary/aromatic N) is 1. The standard InChI is InChI=1S/C39H44F6N2O7/c1-6-51-33(48)22-32-31(46-34(49)54-36(3,4)5)17-18-37(28-15-11-8-12-16-28,47(32)35(50)52-23-26-13-9-7-10-14-26)24-53-25(2)27-19-29(38(40,41)42)21-30(20-27)39(43,44)45/h7-16,19-21,25,31-32H,6,17-18,22-24H2,1-5H3,(H,46,49)/t25-,31+,32?,37-/m1/s1. The molecule has 0 aliphatic carbocycles. The Morgan fingerprint density at radius 3 is 1.98 bits per heavy atom. The Kier molecular flexibility index (Phi) is 13.3. The van der Waals surface area contributed by atoms with Crippen LogP contribution in [0.25, 0.3) is 0 Å². The van der Waals surface area contributed by atoms with Crippen molar-refractivity contribution in [1.29, 1.82) is 0 Å². The van der Waals surface area contributed by atoms with E-state index in [0.717, 1.165) is 0 Å². The van der Waals surface area contributed by atoms with Crippen LogP contribution >= 0.6 is 0 Å². The molecular weight excluding hydrogens is 722 g/mol. The number of hydrogen-bond acceptors (Lipinski definition) is 7. The molecule has 1 saturated heterocycles. The Hall–Kier alpha value is -4.79. The second-order valence-electron chi connectivity index (χ2n) is 14.0. The van der Waals surface area contributed by atoms with Crippen LogP contribution in [-0.4, -0.2) is 54.0 Å². The first-order valence-corrected chi connectivity index (χ1v) is 17.3. The Balaban J connectivity index is 1.84. The number of esters is 1. The van der Waals surface area contributed by atoms with Crippen molar-refractivity contribution in [2.45, 2.75) is 102 Å². The zero-order chi connectivity index (χ0) is 39.9. The smallest absolute Gasteiger partial charge is 0.416 e. The summed E-state index contributed by atoms with van der Waals surface area (Å²) in [5, 5.41) is 2.78. The van der Waals surface area contributed by atoms with Gasteiger partial charge in [0.2, 0.25) is 0 Å². The number of halogens is 6. The summed E-state index contributed by atoms with van der Waals surface area (Å²) < 4.78 is 105. The van der Waals surface area contributed by atoms with Crippen molar-refractivity contribution in [2.24, 2.45) is 0 Å². The van der Waals surface area contributed by atoms with Gasteiger partial charge in [-0.3, -0.25) is 9.69 Å². The molecular formula is C39H44F6N2O7. The first-order chi connectivity index (χ1) is 25.2. The largest absolute Gasteiger partial charge is 0.466 e. The lowest BCUT2D eigenvalue weighted by atomic mass is 9.76. The fourth-order valence-electron chi connectivity index (χ4n) is 6.38. The minimum atomic E-state index is -5.08. The van der Waals surface area contributed by atoms with Crippen LogP contribution in [0.4, 0.5) is 35.9 Å². The van der Waals surface area contributed by atoms with Gasteiger partial charge in [-0.1, -0.05) is 60.7 Å². The fourth-order valence-corrected chi connectivity index (χ4v) is 6.38. The van der Waals surface area contributed by atoms with Gasteiger partial charge in [0, 0.05) is 0 Å². The molecule has 0 saturated carbocycles. The first kappa shape index (κ1) is 42.0. The number of hydrogen-bond donors (Lipinski definition) is 1. The van der Waals surface area contributed by atoms with Crippen molar-refractivity contribution in [1.82, 2.24) is 10.2 Å². The van der Waals surface area contributed by atoms with E-state index < -0.39 is 89.6 Å². The lowest BCUT2D eigenvalue weighted by Gasteiger charge is -2.53. The molecule has 0 radical (unpaired) electrons. The van der Waals surface area contributed by atoms with Gasteiger partial charge in [0.05, 0.1) is 54.5 Å². The van der Waals surface area contributed by atoms with E-state index in [0.29, 0.717) is 23.3 Å². The molecule has 0 spiro atoms. The fraction of sp³-hybridized carbons (Fsp3) is 0.462. The molecule has 1 aliphatic heterocycles. The molecule has 294 valence electrons. The number of ether oxygens (including phenoxy) is 4. The molecule has 0 aromatic heterocycles. The second kappa shape index (κ2) is 17.1. The minimum absolute atomic E-state index is 0.00945. The Morgan fingerprint density at radius 2 is 1.44 bits per heavy atom. The molecule has 3 aromatic carbocycles. The lowest BCUT2D eigenvalue weighted by molar-refractivity contribution is -0.148. The molecule has 4 rings (SSSR count). The van der Waals surface area contributed by atoms with E-state index in [1.54, 1.807) is 88.4 Å². The maximum absolute atomic E-state index is 14.5. The van der Waals surface area contributed by atoms with Crippen LogP contribution in [0.2, 0.25) is 0 Å². The van der Waals surface area contributed by atoms with E-state index in [2.05, 4.69) is 5.32 Å². The van der Waals surface area contributed by atoms with Crippen LogP contribution in [-0.2, 0) is 48.2 Å². The average Bonchev–Trinajstić information content (AvgIpc) is 3.09. The number of alkyl carbamates (subject to hydrolysis) is 1. The highest BCUT2D eigenvalue weighted by atomic mass is 19.4. The van der Waals surface area contributed by atoms with Gasteiger partial charge in [-0.25, -0.2) is 9.59 Å². The number of rotatable bonds is 11. The maximum Gasteiger partial charge on any atom is 0.416 e. The number of alkyl halides is 6. The zero-order valence-electron chi connectivity index (χ0n) is 30.6. The zero-order valence-corrected chi connectivity index (χ0v) is 30.6. The number of piperidine rings is 1. The van der Waals surface area contributed by atoms with Gasteiger partial charge in [0.15, 0.2) is 0 Å². The summed E-state index contributed by atoms with van der Waals surface area (Å²) in [6, 6.07) is 16.3. The predicted molar refractivity (Wildman–Crippen MR) is 185 cm³/mol. The molecule has 54 heavy (non-hydrogen) atoms. The number of amides is 2. The summed E-state index contributed by atoms with van der Waals surface area (Å²) in [4.78, 5) is 42.1. The van der Waals surface area contributed by atoms with Crippen molar-refractivity contribution in [2.75, 3.05) is 13.2 Å². The lowest BCUT2D eigenvalue weighted by Crippen LogP contribution is -2.67. The Bertz CT molecular complexity index is 1700. The van der Waals surface area contributed by atoms with Crippen molar-refractivity contribution in [3.05, 3.63) is 107 Å². The van der Waals surface area contributed by atoms with Crippen LogP contribution < -0.4 is 5.32 Å². The number of benzene rings is 3. The van der Waals surface area contributed by atoms with E-state index >= 15 is 0 Å². The predicted octanol–water partition coefficient (Wildman–Crippen LogP) is 9.35. The second-order valence-corrected chi connectivity index (χ2v) is 14.0. The normalized spacial score (nSPS) is 19.8. The topological polar surface area (TPSA) is 103 Å². The number of carbonyl (C=O) groups is 3. The van der Waals surface area contributed by atoms with Crippen molar-refractivity contribution >= 4 is 18.2 Å². The van der Waals surface area contributed by atoms with Crippen molar-refractivity contribution in [3.63, 3.8) is 0 Å². The number of carbonyl (C=O) groups excluding carboxylic acids is 3. The molecule has 2 amide bonds. The molecule has 1 aliphatic rings. The van der Waals surface area contributed by atoms with Gasteiger partial charge < -0.3 is 24.3 Å². The monoisotopic (exact) mass is 766 g/mol. The van der Waals surface area contributed by atoms with Gasteiger partial charge in [0.25, 0.3) is 0 Å². The van der Waals surface area contributed by atoms with Crippen LogP contribution in [0, 0.1) is 0 Å². The molecule has 1 heterocycles.